The van der Waals surface area contributed by atoms with E-state index in [-0.39, 0.29) is 12.1 Å². The molecule has 0 saturated carbocycles. The first-order valence-electron chi connectivity index (χ1n) is 3.18. The molecule has 0 aliphatic carbocycles. The SMILES string of the molecule is CCC(=N)COC(=O)C(F)(F)F. The van der Waals surface area contributed by atoms with Crippen LogP contribution in [-0.4, -0.2) is 24.5 Å². The van der Waals surface area contributed by atoms with Crippen LogP contribution in [0.5, 0.6) is 0 Å². The molecular weight excluding hydrogens is 175 g/mol. The van der Waals surface area contributed by atoms with Gasteiger partial charge in [0.1, 0.15) is 6.61 Å². The summed E-state index contributed by atoms with van der Waals surface area (Å²) in [5, 5.41) is 6.89. The lowest BCUT2D eigenvalue weighted by atomic mass is 10.3. The van der Waals surface area contributed by atoms with Crippen LogP contribution < -0.4 is 0 Å². The minimum atomic E-state index is -4.96. The number of carbonyl (C=O) groups is 1. The molecule has 0 radical (unpaired) electrons. The Morgan fingerprint density at radius 3 is 2.33 bits per heavy atom. The Balaban J connectivity index is 3.81. The van der Waals surface area contributed by atoms with Gasteiger partial charge in [-0.25, -0.2) is 4.79 Å². The lowest BCUT2D eigenvalue weighted by Gasteiger charge is -2.06. The van der Waals surface area contributed by atoms with E-state index in [0.29, 0.717) is 0 Å². The van der Waals surface area contributed by atoms with Crippen molar-refractivity contribution in [2.75, 3.05) is 6.61 Å². The fourth-order valence-electron chi connectivity index (χ4n) is 0.337. The van der Waals surface area contributed by atoms with Gasteiger partial charge in [0.2, 0.25) is 0 Å². The summed E-state index contributed by atoms with van der Waals surface area (Å²) in [5.41, 5.74) is -0.0485. The van der Waals surface area contributed by atoms with Crippen molar-refractivity contribution in [2.24, 2.45) is 0 Å². The summed E-state index contributed by atoms with van der Waals surface area (Å²) < 4.78 is 38.1. The van der Waals surface area contributed by atoms with E-state index in [1.54, 1.807) is 6.92 Å². The van der Waals surface area contributed by atoms with Crippen LogP contribution in [0.1, 0.15) is 13.3 Å². The number of esters is 1. The lowest BCUT2D eigenvalue weighted by molar-refractivity contribution is -0.198. The molecule has 0 rings (SSSR count). The van der Waals surface area contributed by atoms with Crippen LogP contribution in [0.3, 0.4) is 0 Å². The first kappa shape index (κ1) is 10.9. The van der Waals surface area contributed by atoms with Crippen molar-refractivity contribution in [1.82, 2.24) is 0 Å². The normalized spacial score (nSPS) is 11.0. The van der Waals surface area contributed by atoms with Gasteiger partial charge < -0.3 is 10.1 Å². The van der Waals surface area contributed by atoms with E-state index >= 15 is 0 Å². The van der Waals surface area contributed by atoms with E-state index in [2.05, 4.69) is 4.74 Å². The van der Waals surface area contributed by atoms with Gasteiger partial charge in [0.05, 0.1) is 0 Å². The number of hydrogen-bond acceptors (Lipinski definition) is 3. The maximum absolute atomic E-state index is 11.5. The summed E-state index contributed by atoms with van der Waals surface area (Å²) in [4.78, 5) is 10.0. The molecule has 0 aromatic rings. The van der Waals surface area contributed by atoms with Gasteiger partial charge in [0.25, 0.3) is 0 Å². The van der Waals surface area contributed by atoms with Gasteiger partial charge in [0.15, 0.2) is 0 Å². The standard InChI is InChI=1S/C6H8F3NO2/c1-2-4(10)3-12-5(11)6(7,8)9/h10H,2-3H2,1H3. The van der Waals surface area contributed by atoms with Crippen molar-refractivity contribution >= 4 is 11.7 Å². The van der Waals surface area contributed by atoms with Crippen molar-refractivity contribution in [1.29, 1.82) is 5.41 Å². The van der Waals surface area contributed by atoms with Crippen molar-refractivity contribution in [3.05, 3.63) is 0 Å². The van der Waals surface area contributed by atoms with E-state index in [1.165, 1.54) is 0 Å². The second kappa shape index (κ2) is 4.08. The van der Waals surface area contributed by atoms with Crippen molar-refractivity contribution in [3.63, 3.8) is 0 Å². The highest BCUT2D eigenvalue weighted by Gasteiger charge is 2.40. The molecule has 70 valence electrons. The largest absolute Gasteiger partial charge is 0.490 e. The first-order chi connectivity index (χ1) is 5.38. The predicted octanol–water partition coefficient (Wildman–Crippen LogP) is 1.52. The van der Waals surface area contributed by atoms with Gasteiger partial charge in [-0.1, -0.05) is 6.92 Å². The van der Waals surface area contributed by atoms with Gasteiger partial charge in [-0.05, 0) is 6.42 Å². The maximum atomic E-state index is 11.5. The molecule has 0 aromatic carbocycles. The molecule has 0 amide bonds. The van der Waals surface area contributed by atoms with Crippen molar-refractivity contribution in [2.45, 2.75) is 19.5 Å². The van der Waals surface area contributed by atoms with Crippen molar-refractivity contribution < 1.29 is 22.7 Å². The highest BCUT2D eigenvalue weighted by atomic mass is 19.4. The highest BCUT2D eigenvalue weighted by Crippen LogP contribution is 2.16. The van der Waals surface area contributed by atoms with Gasteiger partial charge in [-0.2, -0.15) is 13.2 Å². The van der Waals surface area contributed by atoms with Gasteiger partial charge in [-0.3, -0.25) is 0 Å². The minimum Gasteiger partial charge on any atom is -0.453 e. The Hall–Kier alpha value is -1.07. The van der Waals surface area contributed by atoms with E-state index < -0.39 is 18.8 Å². The zero-order chi connectivity index (χ0) is 9.78. The zero-order valence-electron chi connectivity index (χ0n) is 6.36. The average Bonchev–Trinajstić information content (AvgIpc) is 1.97. The van der Waals surface area contributed by atoms with Gasteiger partial charge >= 0.3 is 12.1 Å². The number of carbonyl (C=O) groups excluding carboxylic acids is 1. The number of ether oxygens (including phenoxy) is 1. The van der Waals surface area contributed by atoms with E-state index in [9.17, 15) is 18.0 Å². The van der Waals surface area contributed by atoms with Crippen molar-refractivity contribution in [3.8, 4) is 0 Å². The fourth-order valence-corrected chi connectivity index (χ4v) is 0.337. The Labute approximate surface area is 67.0 Å². The van der Waals surface area contributed by atoms with Crippen LogP contribution in [0.2, 0.25) is 0 Å². The summed E-state index contributed by atoms with van der Waals surface area (Å²) >= 11 is 0. The second-order valence-corrected chi connectivity index (χ2v) is 2.03. The molecule has 0 aromatic heterocycles. The summed E-state index contributed by atoms with van der Waals surface area (Å²) in [5.74, 6) is -2.25. The Kier molecular flexibility index (Phi) is 3.72. The van der Waals surface area contributed by atoms with Crippen LogP contribution in [0.15, 0.2) is 0 Å². The molecule has 0 bridgehead atoms. The molecule has 0 fully saturated rings. The second-order valence-electron chi connectivity index (χ2n) is 2.03. The Morgan fingerprint density at radius 1 is 1.50 bits per heavy atom. The Morgan fingerprint density at radius 2 is 2.00 bits per heavy atom. The predicted molar refractivity (Wildman–Crippen MR) is 35.0 cm³/mol. The van der Waals surface area contributed by atoms with Gasteiger partial charge in [-0.15, -0.1) is 0 Å². The van der Waals surface area contributed by atoms with E-state index in [4.69, 9.17) is 5.41 Å². The highest BCUT2D eigenvalue weighted by molar-refractivity contribution is 5.85. The number of hydrogen-bond donors (Lipinski definition) is 1. The van der Waals surface area contributed by atoms with E-state index in [1.807, 2.05) is 0 Å². The van der Waals surface area contributed by atoms with Gasteiger partial charge in [0, 0.05) is 5.71 Å². The molecule has 1 N–H and O–H groups in total. The third-order valence-electron chi connectivity index (χ3n) is 1.04. The minimum absolute atomic E-state index is 0.0485. The van der Waals surface area contributed by atoms with Crippen LogP contribution >= 0.6 is 0 Å². The molecule has 0 saturated heterocycles. The van der Waals surface area contributed by atoms with Crippen LogP contribution in [0.4, 0.5) is 13.2 Å². The van der Waals surface area contributed by atoms with E-state index in [0.717, 1.165) is 0 Å². The number of rotatable bonds is 3. The summed E-state index contributed by atoms with van der Waals surface area (Å²) in [6.45, 7) is 0.999. The monoisotopic (exact) mass is 183 g/mol. The quantitative estimate of drug-likeness (QED) is 0.532. The summed E-state index contributed by atoms with van der Waals surface area (Å²) in [6.07, 6.45) is -4.70. The molecular formula is C6H8F3NO2. The Bertz CT molecular complexity index is 188. The first-order valence-corrected chi connectivity index (χ1v) is 3.18. The molecule has 0 heterocycles. The average molecular weight is 183 g/mol. The molecule has 0 atom stereocenters. The van der Waals surface area contributed by atoms with Crippen LogP contribution in [-0.2, 0) is 9.53 Å². The molecule has 0 unspecified atom stereocenters. The van der Waals surface area contributed by atoms with Crippen LogP contribution in [0.25, 0.3) is 0 Å². The summed E-state index contributed by atoms with van der Waals surface area (Å²) in [7, 11) is 0. The topological polar surface area (TPSA) is 50.1 Å². The molecule has 6 heteroatoms. The molecule has 0 spiro atoms. The maximum Gasteiger partial charge on any atom is 0.490 e. The number of halogens is 3. The molecule has 3 nitrogen and oxygen atoms in total. The zero-order valence-corrected chi connectivity index (χ0v) is 6.36. The van der Waals surface area contributed by atoms with Crippen LogP contribution in [0, 0.1) is 5.41 Å². The molecule has 12 heavy (non-hydrogen) atoms. The molecule has 0 aliphatic rings. The lowest BCUT2D eigenvalue weighted by Crippen LogP contribution is -2.27. The molecule has 0 aliphatic heterocycles. The third kappa shape index (κ3) is 3.95. The smallest absolute Gasteiger partial charge is 0.453 e. The number of nitrogens with one attached hydrogen (secondary N) is 1. The third-order valence-corrected chi connectivity index (χ3v) is 1.04. The number of alkyl halides is 3. The summed E-state index contributed by atoms with van der Waals surface area (Å²) in [6, 6.07) is 0. The fraction of sp³-hybridized carbons (Fsp3) is 0.667.